The van der Waals surface area contributed by atoms with Gasteiger partial charge in [-0.1, -0.05) is 0 Å². The minimum Gasteiger partial charge on any atom is -0.494 e. The van der Waals surface area contributed by atoms with Gasteiger partial charge in [0.25, 0.3) is 5.91 Å². The van der Waals surface area contributed by atoms with E-state index in [2.05, 4.69) is 10.3 Å². The van der Waals surface area contributed by atoms with Gasteiger partial charge in [0.05, 0.1) is 17.9 Å². The first-order valence-corrected chi connectivity index (χ1v) is 10.5. The Kier molecular flexibility index (Phi) is 5.24. The smallest absolute Gasteiger partial charge is 0.293 e. The van der Waals surface area contributed by atoms with Gasteiger partial charge in [0.15, 0.2) is 16.7 Å². The Balaban J connectivity index is 1.56. The predicted octanol–water partition coefficient (Wildman–Crippen LogP) is 5.19. The summed E-state index contributed by atoms with van der Waals surface area (Å²) in [6, 6.07) is 7.72. The summed E-state index contributed by atoms with van der Waals surface area (Å²) in [4.78, 5) is 30.5. The standard InChI is InChI=1S/C22H22N2O4S/c1-4-27-15-10-8-14(9-11-15)19-13(3)29-22(23-19)24-21(26)20-12(2)18-16(25)6-5-7-17(18)28-20/h8-11H,4-7H2,1-3H3,(H,23,24,26). The third-order valence-corrected chi connectivity index (χ3v) is 5.85. The van der Waals surface area contributed by atoms with Crippen molar-refractivity contribution in [3.8, 4) is 17.0 Å². The molecule has 0 atom stereocenters. The largest absolute Gasteiger partial charge is 0.494 e. The number of carbonyl (C=O) groups excluding carboxylic acids is 2. The second kappa shape index (κ2) is 7.83. The topological polar surface area (TPSA) is 81.4 Å². The summed E-state index contributed by atoms with van der Waals surface area (Å²) in [5.74, 6) is 1.30. The molecular formula is C22H22N2O4S. The van der Waals surface area contributed by atoms with Crippen LogP contribution in [-0.4, -0.2) is 23.3 Å². The molecule has 3 aromatic rings. The van der Waals surface area contributed by atoms with Crippen molar-refractivity contribution in [1.29, 1.82) is 0 Å². The van der Waals surface area contributed by atoms with Gasteiger partial charge in [-0.15, -0.1) is 11.3 Å². The highest BCUT2D eigenvalue weighted by Crippen LogP contribution is 2.33. The molecule has 2 aromatic heterocycles. The number of benzene rings is 1. The lowest BCUT2D eigenvalue weighted by Crippen LogP contribution is -2.13. The van der Waals surface area contributed by atoms with Crippen LogP contribution in [0.2, 0.25) is 0 Å². The van der Waals surface area contributed by atoms with E-state index in [0.717, 1.165) is 28.3 Å². The van der Waals surface area contributed by atoms with Gasteiger partial charge >= 0.3 is 0 Å². The average Bonchev–Trinajstić information content (AvgIpc) is 3.23. The number of hydrogen-bond donors (Lipinski definition) is 1. The third kappa shape index (κ3) is 3.70. The summed E-state index contributed by atoms with van der Waals surface area (Å²) < 4.78 is 11.2. The average molecular weight is 410 g/mol. The molecule has 2 heterocycles. The van der Waals surface area contributed by atoms with Crippen LogP contribution >= 0.6 is 11.3 Å². The zero-order valence-corrected chi connectivity index (χ0v) is 17.4. The minimum atomic E-state index is -0.378. The van der Waals surface area contributed by atoms with Crippen LogP contribution in [0.25, 0.3) is 11.3 Å². The first-order valence-electron chi connectivity index (χ1n) is 9.65. The fourth-order valence-electron chi connectivity index (χ4n) is 3.61. The quantitative estimate of drug-likeness (QED) is 0.626. The van der Waals surface area contributed by atoms with E-state index < -0.39 is 0 Å². The summed E-state index contributed by atoms with van der Waals surface area (Å²) in [5.41, 5.74) is 2.96. The summed E-state index contributed by atoms with van der Waals surface area (Å²) in [6.45, 7) is 6.29. The molecule has 29 heavy (non-hydrogen) atoms. The van der Waals surface area contributed by atoms with Crippen molar-refractivity contribution in [3.63, 3.8) is 0 Å². The van der Waals surface area contributed by atoms with Crippen LogP contribution < -0.4 is 10.1 Å². The lowest BCUT2D eigenvalue weighted by atomic mass is 9.94. The SMILES string of the molecule is CCOc1ccc(-c2nc(NC(=O)c3oc4c(c3C)C(=O)CCC4)sc2C)cc1. The molecule has 0 bridgehead atoms. The van der Waals surface area contributed by atoms with Crippen LogP contribution in [0.3, 0.4) is 0 Å². The van der Waals surface area contributed by atoms with Crippen LogP contribution in [0, 0.1) is 13.8 Å². The number of hydrogen-bond acceptors (Lipinski definition) is 6. The maximum atomic E-state index is 12.8. The Bertz CT molecular complexity index is 1080. The van der Waals surface area contributed by atoms with E-state index >= 15 is 0 Å². The fraction of sp³-hybridized carbons (Fsp3) is 0.318. The number of carbonyl (C=O) groups is 2. The Morgan fingerprint density at radius 1 is 1.24 bits per heavy atom. The predicted molar refractivity (Wildman–Crippen MR) is 112 cm³/mol. The van der Waals surface area contributed by atoms with Crippen LogP contribution in [0.4, 0.5) is 5.13 Å². The highest BCUT2D eigenvalue weighted by molar-refractivity contribution is 7.16. The Morgan fingerprint density at radius 3 is 2.69 bits per heavy atom. The van der Waals surface area contributed by atoms with E-state index in [1.807, 2.05) is 38.1 Å². The molecule has 1 N–H and O–H groups in total. The lowest BCUT2D eigenvalue weighted by molar-refractivity contribution is 0.0963. The molecule has 0 saturated heterocycles. The molecule has 0 saturated carbocycles. The van der Waals surface area contributed by atoms with Crippen molar-refractivity contribution in [2.75, 3.05) is 11.9 Å². The van der Waals surface area contributed by atoms with Gasteiger partial charge in [-0.2, -0.15) is 0 Å². The number of ether oxygens (including phenoxy) is 1. The van der Waals surface area contributed by atoms with E-state index in [-0.39, 0.29) is 17.5 Å². The first kappa shape index (κ1) is 19.4. The highest BCUT2D eigenvalue weighted by atomic mass is 32.1. The second-order valence-electron chi connectivity index (χ2n) is 6.97. The molecular weight excluding hydrogens is 388 g/mol. The van der Waals surface area contributed by atoms with E-state index in [0.29, 0.717) is 41.5 Å². The van der Waals surface area contributed by atoms with Crippen molar-refractivity contribution < 1.29 is 18.7 Å². The molecule has 6 nitrogen and oxygen atoms in total. The van der Waals surface area contributed by atoms with Crippen molar-refractivity contribution in [1.82, 2.24) is 4.98 Å². The summed E-state index contributed by atoms with van der Waals surface area (Å²) in [6.07, 6.45) is 1.95. The Hall–Kier alpha value is -2.93. The number of aryl methyl sites for hydroxylation is 2. The van der Waals surface area contributed by atoms with Crippen molar-refractivity contribution in [3.05, 3.63) is 51.8 Å². The molecule has 1 aromatic carbocycles. The van der Waals surface area contributed by atoms with Crippen molar-refractivity contribution in [2.45, 2.75) is 40.0 Å². The van der Waals surface area contributed by atoms with Gasteiger partial charge < -0.3 is 9.15 Å². The van der Waals surface area contributed by atoms with E-state index in [4.69, 9.17) is 9.15 Å². The maximum Gasteiger partial charge on any atom is 0.293 e. The number of fused-ring (bicyclic) bond motifs is 1. The molecule has 0 fully saturated rings. The number of rotatable bonds is 5. The number of nitrogens with zero attached hydrogens (tertiary/aromatic N) is 1. The van der Waals surface area contributed by atoms with E-state index in [1.165, 1.54) is 11.3 Å². The molecule has 0 radical (unpaired) electrons. The van der Waals surface area contributed by atoms with Crippen LogP contribution in [-0.2, 0) is 6.42 Å². The summed E-state index contributed by atoms with van der Waals surface area (Å²) >= 11 is 1.41. The van der Waals surface area contributed by atoms with Gasteiger partial charge in [0.1, 0.15) is 11.5 Å². The molecule has 150 valence electrons. The van der Waals surface area contributed by atoms with Gasteiger partial charge in [-0.25, -0.2) is 4.98 Å². The lowest BCUT2D eigenvalue weighted by Gasteiger charge is -2.07. The van der Waals surface area contributed by atoms with Crippen molar-refractivity contribution >= 4 is 28.2 Å². The molecule has 4 rings (SSSR count). The van der Waals surface area contributed by atoms with E-state index in [1.54, 1.807) is 6.92 Å². The maximum absolute atomic E-state index is 12.8. The summed E-state index contributed by atoms with van der Waals surface area (Å²) in [5, 5.41) is 3.32. The Morgan fingerprint density at radius 2 is 2.00 bits per heavy atom. The zero-order valence-electron chi connectivity index (χ0n) is 16.6. The van der Waals surface area contributed by atoms with Gasteiger partial charge in [-0.3, -0.25) is 14.9 Å². The van der Waals surface area contributed by atoms with Gasteiger partial charge in [0, 0.05) is 28.8 Å². The Labute approximate surface area is 172 Å². The number of thiazole rings is 1. The molecule has 1 aliphatic carbocycles. The molecule has 0 aliphatic heterocycles. The highest BCUT2D eigenvalue weighted by Gasteiger charge is 2.29. The van der Waals surface area contributed by atoms with E-state index in [9.17, 15) is 9.59 Å². The van der Waals surface area contributed by atoms with Crippen LogP contribution in [0.5, 0.6) is 5.75 Å². The summed E-state index contributed by atoms with van der Waals surface area (Å²) in [7, 11) is 0. The number of aromatic nitrogens is 1. The number of Topliss-reactive ketones (excluding diaryl/α,β-unsaturated/α-hetero) is 1. The second-order valence-corrected chi connectivity index (χ2v) is 8.17. The van der Waals surface area contributed by atoms with Crippen molar-refractivity contribution in [2.24, 2.45) is 0 Å². The number of nitrogens with one attached hydrogen (secondary N) is 1. The third-order valence-electron chi connectivity index (χ3n) is 4.97. The van der Waals surface area contributed by atoms with Crippen LogP contribution in [0.1, 0.15) is 56.9 Å². The monoisotopic (exact) mass is 410 g/mol. The fourth-order valence-corrected chi connectivity index (χ4v) is 4.44. The first-order chi connectivity index (χ1) is 14.0. The molecule has 1 aliphatic rings. The molecule has 1 amide bonds. The number of anilines is 1. The number of ketones is 1. The molecule has 0 spiro atoms. The molecule has 7 heteroatoms. The minimum absolute atomic E-state index is 0.0504. The zero-order chi connectivity index (χ0) is 20.5. The van der Waals surface area contributed by atoms with Gasteiger partial charge in [-0.05, 0) is 51.5 Å². The number of furan rings is 1. The number of amides is 1. The van der Waals surface area contributed by atoms with Crippen LogP contribution in [0.15, 0.2) is 28.7 Å². The molecule has 0 unspecified atom stereocenters. The van der Waals surface area contributed by atoms with Gasteiger partial charge in [0.2, 0.25) is 0 Å². The normalized spacial score (nSPS) is 13.3.